The van der Waals surface area contributed by atoms with Crippen LogP contribution in [0.4, 0.5) is 14.5 Å². The molecule has 166 valence electrons. The monoisotopic (exact) mass is 464 g/mol. The molecule has 3 heterocycles. The van der Waals surface area contributed by atoms with Crippen molar-refractivity contribution >= 4 is 34.5 Å². The summed E-state index contributed by atoms with van der Waals surface area (Å²) in [7, 11) is 0. The first-order valence-electron chi connectivity index (χ1n) is 10.1. The van der Waals surface area contributed by atoms with Crippen molar-refractivity contribution in [1.82, 2.24) is 24.2 Å². The molecule has 0 bridgehead atoms. The number of carbonyl (C=O) groups is 1. The van der Waals surface area contributed by atoms with Gasteiger partial charge in [0.25, 0.3) is 0 Å². The van der Waals surface area contributed by atoms with Gasteiger partial charge in [-0.2, -0.15) is 5.10 Å². The maximum atomic E-state index is 13.8. The van der Waals surface area contributed by atoms with Crippen LogP contribution in [-0.4, -0.2) is 35.9 Å². The van der Waals surface area contributed by atoms with E-state index in [1.54, 1.807) is 21.3 Å². The van der Waals surface area contributed by atoms with Crippen LogP contribution in [0.15, 0.2) is 60.0 Å². The molecule has 2 aromatic carbocycles. The topological polar surface area (TPSA) is 76.6 Å². The van der Waals surface area contributed by atoms with Crippen LogP contribution in [-0.2, 0) is 4.79 Å². The predicted molar refractivity (Wildman–Crippen MR) is 122 cm³/mol. The number of aromatic nitrogens is 5. The highest BCUT2D eigenvalue weighted by molar-refractivity contribution is 7.99. The Labute approximate surface area is 191 Å². The molecule has 0 spiro atoms. The number of hydrogen-bond donors (Lipinski definition) is 1. The van der Waals surface area contributed by atoms with Crippen LogP contribution >= 0.6 is 11.8 Å². The Kier molecular flexibility index (Phi) is 5.29. The van der Waals surface area contributed by atoms with Crippen LogP contribution < -0.4 is 5.32 Å². The number of carbonyl (C=O) groups excluding carboxylic acids is 1. The van der Waals surface area contributed by atoms with Crippen LogP contribution in [0.3, 0.4) is 0 Å². The summed E-state index contributed by atoms with van der Waals surface area (Å²) >= 11 is 1.16. The van der Waals surface area contributed by atoms with Gasteiger partial charge in [-0.1, -0.05) is 23.9 Å². The van der Waals surface area contributed by atoms with Gasteiger partial charge in [0, 0.05) is 24.0 Å². The molecular formula is C23H18F2N6OS. The lowest BCUT2D eigenvalue weighted by Gasteiger charge is -2.06. The lowest BCUT2D eigenvalue weighted by atomic mass is 10.0. The number of benzene rings is 2. The van der Waals surface area contributed by atoms with E-state index in [9.17, 15) is 13.6 Å². The van der Waals surface area contributed by atoms with Gasteiger partial charge >= 0.3 is 0 Å². The van der Waals surface area contributed by atoms with Gasteiger partial charge < -0.3 is 5.32 Å². The quantitative estimate of drug-likeness (QED) is 0.383. The second-order valence-corrected chi connectivity index (χ2v) is 8.54. The molecule has 10 heteroatoms. The molecule has 1 amide bonds. The molecule has 0 aliphatic heterocycles. The Bertz CT molecular complexity index is 1530. The molecule has 0 aliphatic carbocycles. The number of nitrogens with one attached hydrogen (secondary N) is 1. The van der Waals surface area contributed by atoms with Gasteiger partial charge in [-0.3, -0.25) is 9.20 Å². The summed E-state index contributed by atoms with van der Waals surface area (Å²) in [6.07, 6.45) is 3.58. The molecule has 5 rings (SSSR count). The van der Waals surface area contributed by atoms with E-state index in [1.165, 1.54) is 17.2 Å². The van der Waals surface area contributed by atoms with Crippen LogP contribution in [0.1, 0.15) is 11.1 Å². The number of thioether (sulfide) groups is 1. The number of nitrogens with zero attached hydrogens (tertiary/aromatic N) is 5. The second kappa shape index (κ2) is 8.28. The molecular weight excluding hydrogens is 446 g/mol. The highest BCUT2D eigenvalue weighted by Gasteiger charge is 2.15. The van der Waals surface area contributed by atoms with Gasteiger partial charge in [-0.05, 0) is 49.2 Å². The Balaban J connectivity index is 1.37. The van der Waals surface area contributed by atoms with Gasteiger partial charge in [-0.25, -0.2) is 13.3 Å². The highest BCUT2D eigenvalue weighted by atomic mass is 32.2. The summed E-state index contributed by atoms with van der Waals surface area (Å²) in [5.74, 6) is -1.99. The maximum Gasteiger partial charge on any atom is 0.234 e. The van der Waals surface area contributed by atoms with Crippen molar-refractivity contribution in [2.75, 3.05) is 11.1 Å². The summed E-state index contributed by atoms with van der Waals surface area (Å²) in [5, 5.41) is 16.1. The zero-order valence-electron chi connectivity index (χ0n) is 17.7. The van der Waals surface area contributed by atoms with Crippen LogP contribution in [0.25, 0.3) is 22.4 Å². The zero-order valence-corrected chi connectivity index (χ0v) is 18.5. The van der Waals surface area contributed by atoms with Crippen molar-refractivity contribution in [2.45, 2.75) is 19.0 Å². The summed E-state index contributed by atoms with van der Waals surface area (Å²) in [5.41, 5.74) is 5.55. The molecule has 0 unspecified atom stereocenters. The molecule has 0 fully saturated rings. The van der Waals surface area contributed by atoms with Crippen molar-refractivity contribution < 1.29 is 13.6 Å². The average molecular weight is 465 g/mol. The number of anilines is 1. The van der Waals surface area contributed by atoms with Gasteiger partial charge in [0.2, 0.25) is 5.91 Å². The molecule has 33 heavy (non-hydrogen) atoms. The minimum Gasteiger partial charge on any atom is -0.323 e. The molecule has 0 atom stereocenters. The van der Waals surface area contributed by atoms with E-state index in [0.29, 0.717) is 10.8 Å². The van der Waals surface area contributed by atoms with Crippen LogP contribution in [0.5, 0.6) is 0 Å². The Morgan fingerprint density at radius 2 is 1.88 bits per heavy atom. The number of rotatable bonds is 5. The summed E-state index contributed by atoms with van der Waals surface area (Å²) < 4.78 is 30.3. The van der Waals surface area contributed by atoms with Crippen molar-refractivity contribution in [2.24, 2.45) is 0 Å². The van der Waals surface area contributed by atoms with E-state index in [0.717, 1.165) is 40.7 Å². The molecule has 0 aliphatic rings. The predicted octanol–water partition coefficient (Wildman–Crippen LogP) is 4.67. The first-order valence-corrected chi connectivity index (χ1v) is 11.1. The van der Waals surface area contributed by atoms with Crippen LogP contribution in [0, 0.1) is 25.5 Å². The summed E-state index contributed by atoms with van der Waals surface area (Å²) in [6, 6.07) is 11.1. The molecule has 5 aromatic rings. The molecule has 0 saturated heterocycles. The third-order valence-electron chi connectivity index (χ3n) is 5.33. The van der Waals surface area contributed by atoms with Crippen molar-refractivity contribution in [3.8, 4) is 11.3 Å². The smallest absolute Gasteiger partial charge is 0.234 e. The van der Waals surface area contributed by atoms with Crippen molar-refractivity contribution in [3.05, 3.63) is 77.6 Å². The van der Waals surface area contributed by atoms with Crippen molar-refractivity contribution in [1.29, 1.82) is 0 Å². The fourth-order valence-corrected chi connectivity index (χ4v) is 4.16. The lowest BCUT2D eigenvalue weighted by Crippen LogP contribution is -2.15. The van der Waals surface area contributed by atoms with E-state index in [1.807, 2.05) is 12.1 Å². The molecule has 0 radical (unpaired) electrons. The standard InChI is InChI=1S/C23H18F2N6OS/c1-13-3-4-15(9-14(13)2)19-11-20-22-27-28-23(30(22)7-8-31(20)29-19)33-12-21(32)26-18-6-5-16(24)10-17(18)25/h3-11H,12H2,1-2H3,(H,26,32). The zero-order chi connectivity index (χ0) is 23.1. The third-order valence-corrected chi connectivity index (χ3v) is 6.27. The van der Waals surface area contributed by atoms with E-state index in [4.69, 9.17) is 0 Å². The SMILES string of the molecule is Cc1ccc(-c2cc3c4nnc(SCC(=O)Nc5ccc(F)cc5F)n4ccn3n2)cc1C. The third kappa shape index (κ3) is 4.05. The van der Waals surface area contributed by atoms with E-state index in [2.05, 4.69) is 46.6 Å². The van der Waals surface area contributed by atoms with Gasteiger partial charge in [0.1, 0.15) is 17.2 Å². The Morgan fingerprint density at radius 3 is 2.67 bits per heavy atom. The molecule has 0 saturated carbocycles. The number of aryl methyl sites for hydroxylation is 2. The first kappa shape index (κ1) is 21.1. The first-order chi connectivity index (χ1) is 15.9. The van der Waals surface area contributed by atoms with Gasteiger partial charge in [0.05, 0.1) is 17.1 Å². The normalized spacial score (nSPS) is 11.4. The largest absolute Gasteiger partial charge is 0.323 e. The molecule has 3 aromatic heterocycles. The number of halogens is 2. The summed E-state index contributed by atoms with van der Waals surface area (Å²) in [4.78, 5) is 12.2. The molecule has 1 N–H and O–H groups in total. The highest BCUT2D eigenvalue weighted by Crippen LogP contribution is 2.26. The Morgan fingerprint density at radius 1 is 1.03 bits per heavy atom. The van der Waals surface area contributed by atoms with Gasteiger partial charge in [0.15, 0.2) is 10.8 Å². The fourth-order valence-electron chi connectivity index (χ4n) is 3.44. The van der Waals surface area contributed by atoms with E-state index < -0.39 is 17.5 Å². The van der Waals surface area contributed by atoms with E-state index in [-0.39, 0.29) is 11.4 Å². The van der Waals surface area contributed by atoms with Crippen molar-refractivity contribution in [3.63, 3.8) is 0 Å². The van der Waals surface area contributed by atoms with Crippen LogP contribution in [0.2, 0.25) is 0 Å². The van der Waals surface area contributed by atoms with Gasteiger partial charge in [-0.15, -0.1) is 10.2 Å². The number of fused-ring (bicyclic) bond motifs is 3. The number of amides is 1. The minimum atomic E-state index is -0.830. The maximum absolute atomic E-state index is 13.8. The molecule has 7 nitrogen and oxygen atoms in total. The number of hydrogen-bond acceptors (Lipinski definition) is 5. The Hall–Kier alpha value is -3.79. The summed E-state index contributed by atoms with van der Waals surface area (Å²) in [6.45, 7) is 4.13. The fraction of sp³-hybridized carbons (Fsp3) is 0.130. The average Bonchev–Trinajstić information content (AvgIpc) is 3.40. The van der Waals surface area contributed by atoms with E-state index >= 15 is 0 Å². The lowest BCUT2D eigenvalue weighted by molar-refractivity contribution is -0.113. The second-order valence-electron chi connectivity index (χ2n) is 7.59. The minimum absolute atomic E-state index is 0.0179.